The predicted molar refractivity (Wildman–Crippen MR) is 144 cm³/mol. The molecule has 4 heterocycles. The Balaban J connectivity index is 1.42. The topological polar surface area (TPSA) is 132 Å². The lowest BCUT2D eigenvalue weighted by Crippen LogP contribution is -2.27. The fraction of sp³-hybridized carbons (Fsp3) is 0.179. The average molecular weight is 494 g/mol. The van der Waals surface area contributed by atoms with Crippen molar-refractivity contribution in [1.29, 1.82) is 0 Å². The molecule has 0 saturated carbocycles. The number of nitrogen functional groups attached to an aromatic ring is 1. The van der Waals surface area contributed by atoms with E-state index in [4.69, 9.17) is 10.7 Å². The molecule has 4 N–H and O–H groups in total. The number of benzene rings is 1. The highest BCUT2D eigenvalue weighted by Gasteiger charge is 2.19. The molecule has 0 aliphatic rings. The summed E-state index contributed by atoms with van der Waals surface area (Å²) < 4.78 is 1.82. The number of nitrogens with one attached hydrogen (secondary N) is 2. The average Bonchev–Trinajstić information content (AvgIpc) is 3.46. The summed E-state index contributed by atoms with van der Waals surface area (Å²) in [6.45, 7) is 4.83. The molecule has 37 heavy (non-hydrogen) atoms. The second-order valence-electron chi connectivity index (χ2n) is 8.76. The van der Waals surface area contributed by atoms with Gasteiger partial charge in [-0.05, 0) is 49.2 Å². The minimum absolute atomic E-state index is 0.0526. The smallest absolute Gasteiger partial charge is 0.227 e. The van der Waals surface area contributed by atoms with Crippen LogP contribution in [0.1, 0.15) is 30.9 Å². The number of aryl methyl sites for hydroxylation is 1. The molecule has 0 fully saturated rings. The lowest BCUT2D eigenvalue weighted by Gasteiger charge is -2.16. The predicted octanol–water partition coefficient (Wildman–Crippen LogP) is 3.87. The van der Waals surface area contributed by atoms with Crippen molar-refractivity contribution in [2.75, 3.05) is 5.73 Å². The number of anilines is 1. The van der Waals surface area contributed by atoms with E-state index in [0.29, 0.717) is 47.0 Å². The Hall–Kier alpha value is -4.79. The van der Waals surface area contributed by atoms with Crippen LogP contribution in [0.4, 0.5) is 5.82 Å². The van der Waals surface area contributed by atoms with E-state index >= 15 is 0 Å². The summed E-state index contributed by atoms with van der Waals surface area (Å²) >= 11 is 0. The zero-order valence-corrected chi connectivity index (χ0v) is 20.6. The fourth-order valence-corrected chi connectivity index (χ4v) is 4.38. The molecule has 1 atom stereocenters. The summed E-state index contributed by atoms with van der Waals surface area (Å²) in [7, 11) is 0. The Kier molecular flexibility index (Phi) is 6.51. The van der Waals surface area contributed by atoms with E-state index in [9.17, 15) is 9.59 Å². The first-order valence-corrected chi connectivity index (χ1v) is 12.1. The molecule has 5 rings (SSSR count). The summed E-state index contributed by atoms with van der Waals surface area (Å²) in [5, 5.41) is 3.45. The Morgan fingerprint density at radius 2 is 1.84 bits per heavy atom. The van der Waals surface area contributed by atoms with Gasteiger partial charge in [0.15, 0.2) is 0 Å². The minimum atomic E-state index is -0.314. The molecule has 1 aromatic carbocycles. The van der Waals surface area contributed by atoms with Crippen LogP contribution in [0.3, 0.4) is 0 Å². The number of H-pyrrole nitrogens is 1. The molecule has 0 aliphatic heterocycles. The first-order valence-electron chi connectivity index (χ1n) is 12.1. The van der Waals surface area contributed by atoms with E-state index in [1.807, 2.05) is 60.9 Å². The van der Waals surface area contributed by atoms with E-state index in [-0.39, 0.29) is 17.3 Å². The van der Waals surface area contributed by atoms with Crippen molar-refractivity contribution in [3.05, 3.63) is 94.7 Å². The van der Waals surface area contributed by atoms with Crippen LogP contribution in [0.5, 0.6) is 0 Å². The molecular formula is C28H27N7O2. The molecule has 0 saturated heterocycles. The lowest BCUT2D eigenvalue weighted by molar-refractivity contribution is -0.122. The molecule has 0 bridgehead atoms. The van der Waals surface area contributed by atoms with Gasteiger partial charge in [-0.1, -0.05) is 24.3 Å². The molecule has 0 radical (unpaired) electrons. The standard InChI is InChI=1S/C28H27N7O2/c1-3-35-25(29)23(26-31-14-15-32-26)24(36)21-8-9-22(34-27(21)35)20-6-4-19(5-7-20)17(2)28(37)33-16-18-10-12-30-13-11-18/h4-15,17H,3,16,29H2,1-2H3,(H,31,32)(H,33,37). The second kappa shape index (κ2) is 10.1. The lowest BCUT2D eigenvalue weighted by atomic mass is 9.98. The Bertz CT molecular complexity index is 1610. The highest BCUT2D eigenvalue weighted by atomic mass is 16.1. The van der Waals surface area contributed by atoms with Crippen molar-refractivity contribution >= 4 is 22.8 Å². The number of hydrogen-bond donors (Lipinski definition) is 3. The first kappa shape index (κ1) is 23.9. The van der Waals surface area contributed by atoms with Crippen LogP contribution >= 0.6 is 0 Å². The number of aromatic amines is 1. The fourth-order valence-electron chi connectivity index (χ4n) is 4.38. The first-order chi connectivity index (χ1) is 18.0. The van der Waals surface area contributed by atoms with Crippen LogP contribution in [0.2, 0.25) is 0 Å². The number of hydrogen-bond acceptors (Lipinski definition) is 6. The Morgan fingerprint density at radius 3 is 2.51 bits per heavy atom. The van der Waals surface area contributed by atoms with Gasteiger partial charge in [-0.2, -0.15) is 0 Å². The number of carbonyl (C=O) groups is 1. The normalized spacial score (nSPS) is 11.9. The molecule has 0 aliphatic carbocycles. The summed E-state index contributed by atoms with van der Waals surface area (Å²) in [6, 6.07) is 15.1. The van der Waals surface area contributed by atoms with Gasteiger partial charge in [0.2, 0.25) is 11.3 Å². The summed E-state index contributed by atoms with van der Waals surface area (Å²) in [6.07, 6.45) is 6.66. The number of aromatic nitrogens is 5. The summed E-state index contributed by atoms with van der Waals surface area (Å²) in [4.78, 5) is 41.9. The number of fused-ring (bicyclic) bond motifs is 1. The SMILES string of the molecule is CCn1c(N)c(-c2ncc[nH]2)c(=O)c2ccc(-c3ccc(C(C)C(=O)NCc4ccncc4)cc3)nc21. The highest BCUT2D eigenvalue weighted by Crippen LogP contribution is 2.27. The van der Waals surface area contributed by atoms with Gasteiger partial charge in [-0.15, -0.1) is 0 Å². The maximum absolute atomic E-state index is 13.3. The molecular weight excluding hydrogens is 466 g/mol. The Morgan fingerprint density at radius 1 is 1.08 bits per heavy atom. The van der Waals surface area contributed by atoms with Crippen LogP contribution in [-0.4, -0.2) is 30.4 Å². The van der Waals surface area contributed by atoms with Crippen LogP contribution in [-0.2, 0) is 17.9 Å². The number of pyridine rings is 3. The molecule has 4 aromatic heterocycles. The molecule has 1 amide bonds. The van der Waals surface area contributed by atoms with Crippen LogP contribution < -0.4 is 16.5 Å². The number of rotatable bonds is 7. The molecule has 186 valence electrons. The van der Waals surface area contributed by atoms with Gasteiger partial charge in [-0.25, -0.2) is 9.97 Å². The van der Waals surface area contributed by atoms with Gasteiger partial charge in [0.05, 0.1) is 17.0 Å². The molecule has 5 aromatic rings. The minimum Gasteiger partial charge on any atom is -0.384 e. The number of imidazole rings is 1. The maximum atomic E-state index is 13.3. The van der Waals surface area contributed by atoms with E-state index in [2.05, 4.69) is 20.3 Å². The van der Waals surface area contributed by atoms with Gasteiger partial charge < -0.3 is 20.6 Å². The van der Waals surface area contributed by atoms with E-state index < -0.39 is 0 Å². The number of amides is 1. The van der Waals surface area contributed by atoms with Gasteiger partial charge in [0, 0.05) is 43.4 Å². The van der Waals surface area contributed by atoms with Crippen molar-refractivity contribution in [3.63, 3.8) is 0 Å². The second-order valence-corrected chi connectivity index (χ2v) is 8.76. The van der Waals surface area contributed by atoms with Crippen LogP contribution in [0, 0.1) is 0 Å². The van der Waals surface area contributed by atoms with Crippen molar-refractivity contribution in [3.8, 4) is 22.6 Å². The van der Waals surface area contributed by atoms with Gasteiger partial charge in [0.25, 0.3) is 0 Å². The highest BCUT2D eigenvalue weighted by molar-refractivity contribution is 5.87. The molecule has 1 unspecified atom stereocenters. The third kappa shape index (κ3) is 4.58. The number of nitrogens with zero attached hydrogens (tertiary/aromatic N) is 4. The van der Waals surface area contributed by atoms with Gasteiger partial charge in [0.1, 0.15) is 22.9 Å². The zero-order chi connectivity index (χ0) is 25.9. The quantitative estimate of drug-likeness (QED) is 0.315. The van der Waals surface area contributed by atoms with E-state index in [1.165, 1.54) is 0 Å². The molecule has 0 spiro atoms. The van der Waals surface area contributed by atoms with Crippen molar-refractivity contribution in [2.45, 2.75) is 32.9 Å². The van der Waals surface area contributed by atoms with Gasteiger partial charge >= 0.3 is 0 Å². The third-order valence-electron chi connectivity index (χ3n) is 6.52. The Labute approximate surface area is 213 Å². The van der Waals surface area contributed by atoms with Crippen molar-refractivity contribution in [1.82, 2.24) is 29.8 Å². The summed E-state index contributed by atoms with van der Waals surface area (Å²) in [5.41, 5.74) is 10.5. The van der Waals surface area contributed by atoms with Crippen LogP contribution in [0.25, 0.3) is 33.7 Å². The van der Waals surface area contributed by atoms with E-state index in [0.717, 1.165) is 16.7 Å². The van der Waals surface area contributed by atoms with Crippen molar-refractivity contribution < 1.29 is 4.79 Å². The molecule has 9 heteroatoms. The zero-order valence-electron chi connectivity index (χ0n) is 20.6. The number of nitrogens with two attached hydrogens (primary N) is 1. The van der Waals surface area contributed by atoms with Crippen molar-refractivity contribution in [2.24, 2.45) is 0 Å². The largest absolute Gasteiger partial charge is 0.384 e. The van der Waals surface area contributed by atoms with Gasteiger partial charge in [-0.3, -0.25) is 14.6 Å². The van der Waals surface area contributed by atoms with Crippen LogP contribution in [0.15, 0.2) is 78.1 Å². The van der Waals surface area contributed by atoms with E-state index in [1.54, 1.807) is 30.9 Å². The molecule has 9 nitrogen and oxygen atoms in total. The maximum Gasteiger partial charge on any atom is 0.227 e. The number of carbonyl (C=O) groups excluding carboxylic acids is 1. The monoisotopic (exact) mass is 493 g/mol. The summed E-state index contributed by atoms with van der Waals surface area (Å²) in [5.74, 6) is 0.389. The third-order valence-corrected chi connectivity index (χ3v) is 6.52.